The Bertz CT molecular complexity index is 1520. The second-order valence-electron chi connectivity index (χ2n) is 11.9. The molecule has 5 rings (SSSR count). The summed E-state index contributed by atoms with van der Waals surface area (Å²) < 4.78 is 44.8. The first-order valence-corrected chi connectivity index (χ1v) is 15.0. The lowest BCUT2D eigenvalue weighted by Gasteiger charge is -2.44. The summed E-state index contributed by atoms with van der Waals surface area (Å²) in [6.45, 7) is 7.47. The summed E-state index contributed by atoms with van der Waals surface area (Å²) in [5, 5.41) is 0. The van der Waals surface area contributed by atoms with Crippen LogP contribution in [0, 0.1) is 6.92 Å². The third kappa shape index (κ3) is 6.45. The molecule has 1 fully saturated rings. The van der Waals surface area contributed by atoms with E-state index >= 15 is 0 Å². The Labute approximate surface area is 256 Å². The molecule has 2 aromatic rings. The maximum Gasteiger partial charge on any atom is 0.401 e. The second-order valence-corrected chi connectivity index (χ2v) is 11.9. The van der Waals surface area contributed by atoms with Crippen LogP contribution < -0.4 is 15.2 Å². The molecule has 12 heteroatoms. The molecule has 0 unspecified atom stereocenters. The quantitative estimate of drug-likeness (QED) is 0.435. The van der Waals surface area contributed by atoms with Crippen molar-refractivity contribution in [2.24, 2.45) is 0 Å². The number of pyridine rings is 2. The van der Waals surface area contributed by atoms with Gasteiger partial charge in [0.15, 0.2) is 0 Å². The number of alkyl halides is 3. The number of nitrogens with zero attached hydrogens (tertiary/aromatic N) is 6. The minimum Gasteiger partial charge on any atom is -0.496 e. The van der Waals surface area contributed by atoms with Gasteiger partial charge in [-0.05, 0) is 63.5 Å². The molecule has 2 aromatic heterocycles. The minimum atomic E-state index is -4.19. The van der Waals surface area contributed by atoms with Crippen molar-refractivity contribution in [2.75, 3.05) is 59.0 Å². The van der Waals surface area contributed by atoms with Gasteiger partial charge in [0.1, 0.15) is 17.4 Å². The number of anilines is 1. The number of allylic oxidation sites excluding steroid dienone is 3. The molecule has 3 aliphatic heterocycles. The zero-order valence-electron chi connectivity index (χ0n) is 26.3. The van der Waals surface area contributed by atoms with E-state index < -0.39 is 12.7 Å². The van der Waals surface area contributed by atoms with Crippen molar-refractivity contribution in [3.05, 3.63) is 80.8 Å². The SMILES string of the molecule is CCN(C1=C(C)C=CC2=C(c3ccnc(N(C)C)c3)N(Cc3c(OC)cc(C)[nH]c3=O)CN21)C1CCN(CC(F)(F)F)CC1. The number of halogens is 3. The lowest BCUT2D eigenvalue weighted by molar-refractivity contribution is -0.148. The van der Waals surface area contributed by atoms with Gasteiger partial charge in [0.05, 0.1) is 43.8 Å². The molecule has 1 N–H and O–H groups in total. The molecule has 0 atom stereocenters. The number of nitrogens with one attached hydrogen (secondary N) is 1. The molecule has 0 radical (unpaired) electrons. The highest BCUT2D eigenvalue weighted by atomic mass is 19.4. The molecule has 0 aromatic carbocycles. The molecule has 0 bridgehead atoms. The van der Waals surface area contributed by atoms with Crippen LogP contribution in [0.15, 0.2) is 58.4 Å². The van der Waals surface area contributed by atoms with Crippen molar-refractivity contribution in [2.45, 2.75) is 52.4 Å². The summed E-state index contributed by atoms with van der Waals surface area (Å²) in [6, 6.07) is 5.97. The Hall–Kier alpha value is -3.93. The number of hydrogen-bond acceptors (Lipinski definition) is 8. The van der Waals surface area contributed by atoms with Crippen molar-refractivity contribution >= 4 is 11.5 Å². The van der Waals surface area contributed by atoms with Crippen molar-refractivity contribution in [3.8, 4) is 5.75 Å². The fraction of sp³-hybridized carbons (Fsp3) is 0.500. The fourth-order valence-electron chi connectivity index (χ4n) is 6.53. The number of rotatable bonds is 9. The van der Waals surface area contributed by atoms with Gasteiger partial charge in [0.25, 0.3) is 5.56 Å². The lowest BCUT2D eigenvalue weighted by atomic mass is 10.0. The van der Waals surface area contributed by atoms with Crippen LogP contribution in [0.1, 0.15) is 43.5 Å². The highest BCUT2D eigenvalue weighted by Gasteiger charge is 2.39. The van der Waals surface area contributed by atoms with Gasteiger partial charge in [-0.3, -0.25) is 9.69 Å². The first-order valence-electron chi connectivity index (χ1n) is 15.0. The number of H-pyrrole nitrogens is 1. The molecular formula is C32H42F3N7O2. The Morgan fingerprint density at radius 1 is 1.14 bits per heavy atom. The zero-order chi connectivity index (χ0) is 31.8. The van der Waals surface area contributed by atoms with Crippen molar-refractivity contribution < 1.29 is 17.9 Å². The molecule has 5 heterocycles. The number of methoxy groups -OCH3 is 1. The van der Waals surface area contributed by atoms with Gasteiger partial charge in [-0.2, -0.15) is 13.2 Å². The van der Waals surface area contributed by atoms with Gasteiger partial charge in [0.2, 0.25) is 0 Å². The van der Waals surface area contributed by atoms with E-state index in [1.807, 2.05) is 44.1 Å². The number of ether oxygens (including phenoxy) is 1. The molecular weight excluding hydrogens is 571 g/mol. The maximum atomic E-state index is 13.2. The standard InChI is InChI=1S/C32H42F3N7O2/c1-7-41(24-11-14-39(15-12-24)19-32(33,34)35)31-21(2)8-9-26-29(23-10-13-36-28(17-23)38(4)5)40(20-42(26)31)18-25-27(44-6)16-22(3)37-30(25)43/h8-10,13,16-17,24H,7,11-12,14-15,18-20H2,1-6H3,(H,37,43). The molecule has 0 saturated carbocycles. The summed E-state index contributed by atoms with van der Waals surface area (Å²) in [6.07, 6.45) is 3.13. The first kappa shape index (κ1) is 31.5. The van der Waals surface area contributed by atoms with Crippen LogP contribution in [0.2, 0.25) is 0 Å². The number of hydrogen-bond donors (Lipinski definition) is 1. The molecule has 9 nitrogen and oxygen atoms in total. The van der Waals surface area contributed by atoms with Crippen molar-refractivity contribution in [1.29, 1.82) is 0 Å². The Morgan fingerprint density at radius 3 is 2.50 bits per heavy atom. The van der Waals surface area contributed by atoms with E-state index in [0.717, 1.165) is 46.4 Å². The zero-order valence-corrected chi connectivity index (χ0v) is 26.3. The third-order valence-electron chi connectivity index (χ3n) is 8.55. The predicted octanol–water partition coefficient (Wildman–Crippen LogP) is 4.75. The molecule has 0 spiro atoms. The molecule has 3 aliphatic rings. The van der Waals surface area contributed by atoms with Crippen LogP contribution in [-0.4, -0.2) is 95.8 Å². The largest absolute Gasteiger partial charge is 0.496 e. The van der Waals surface area contributed by atoms with Crippen molar-refractivity contribution in [1.82, 2.24) is 29.6 Å². The van der Waals surface area contributed by atoms with E-state index in [1.54, 1.807) is 13.3 Å². The maximum absolute atomic E-state index is 13.2. The summed E-state index contributed by atoms with van der Waals surface area (Å²) in [4.78, 5) is 30.9. The van der Waals surface area contributed by atoms with Gasteiger partial charge >= 0.3 is 6.18 Å². The van der Waals surface area contributed by atoms with Gasteiger partial charge in [0, 0.05) is 57.2 Å². The topological polar surface area (TPSA) is 71.2 Å². The van der Waals surface area contributed by atoms with E-state index in [2.05, 4.69) is 50.7 Å². The Balaban J connectivity index is 1.53. The van der Waals surface area contributed by atoms with Crippen LogP contribution in [0.4, 0.5) is 19.0 Å². The summed E-state index contributed by atoms with van der Waals surface area (Å²) >= 11 is 0. The number of piperidine rings is 1. The fourth-order valence-corrected chi connectivity index (χ4v) is 6.53. The number of aryl methyl sites for hydroxylation is 1. The number of aromatic nitrogens is 2. The highest BCUT2D eigenvalue weighted by Crippen LogP contribution is 2.42. The van der Waals surface area contributed by atoms with E-state index in [1.165, 1.54) is 4.90 Å². The second kappa shape index (κ2) is 12.6. The average Bonchev–Trinajstić information content (AvgIpc) is 3.33. The van der Waals surface area contributed by atoms with Gasteiger partial charge in [-0.25, -0.2) is 4.98 Å². The highest BCUT2D eigenvalue weighted by molar-refractivity contribution is 5.74. The van der Waals surface area contributed by atoms with E-state index in [0.29, 0.717) is 50.5 Å². The van der Waals surface area contributed by atoms with Crippen LogP contribution in [0.5, 0.6) is 5.75 Å². The number of likely N-dealkylation sites (tertiary alicyclic amines) is 1. The van der Waals surface area contributed by atoms with Crippen LogP contribution in [0.3, 0.4) is 0 Å². The Kier molecular flexibility index (Phi) is 9.01. The smallest absolute Gasteiger partial charge is 0.401 e. The first-order chi connectivity index (χ1) is 20.9. The van der Waals surface area contributed by atoms with Crippen LogP contribution >= 0.6 is 0 Å². The summed E-state index contributed by atoms with van der Waals surface area (Å²) in [5.74, 6) is 2.39. The minimum absolute atomic E-state index is 0.112. The van der Waals surface area contributed by atoms with Gasteiger partial charge in [-0.1, -0.05) is 6.08 Å². The number of fused-ring (bicyclic) bond motifs is 1. The Morgan fingerprint density at radius 2 is 1.86 bits per heavy atom. The molecule has 238 valence electrons. The van der Waals surface area contributed by atoms with Gasteiger partial charge in [-0.15, -0.1) is 0 Å². The van der Waals surface area contributed by atoms with E-state index in [9.17, 15) is 18.0 Å². The lowest BCUT2D eigenvalue weighted by Crippen LogP contribution is -2.49. The predicted molar refractivity (Wildman–Crippen MR) is 166 cm³/mol. The molecule has 0 aliphatic carbocycles. The summed E-state index contributed by atoms with van der Waals surface area (Å²) in [5.41, 5.74) is 5.09. The van der Waals surface area contributed by atoms with Crippen LogP contribution in [0.25, 0.3) is 5.70 Å². The molecule has 1 saturated heterocycles. The average molecular weight is 614 g/mol. The van der Waals surface area contributed by atoms with E-state index in [-0.39, 0.29) is 11.6 Å². The molecule has 44 heavy (non-hydrogen) atoms. The van der Waals surface area contributed by atoms with Gasteiger partial charge < -0.3 is 29.3 Å². The number of aromatic amines is 1. The van der Waals surface area contributed by atoms with E-state index in [4.69, 9.17) is 4.74 Å². The molecule has 0 amide bonds. The van der Waals surface area contributed by atoms with Crippen molar-refractivity contribution in [3.63, 3.8) is 0 Å². The third-order valence-corrected chi connectivity index (χ3v) is 8.55. The summed E-state index contributed by atoms with van der Waals surface area (Å²) in [7, 11) is 5.47. The monoisotopic (exact) mass is 613 g/mol. The normalized spacial score (nSPS) is 17.9. The van der Waals surface area contributed by atoms with Crippen LogP contribution in [-0.2, 0) is 6.54 Å².